The van der Waals surface area contributed by atoms with E-state index >= 15 is 0 Å². The number of hydrogen-bond acceptors (Lipinski definition) is 5. The van der Waals surface area contributed by atoms with E-state index in [2.05, 4.69) is 15.0 Å². The molecular weight excluding hydrogens is 292 g/mol. The van der Waals surface area contributed by atoms with E-state index in [0.29, 0.717) is 5.95 Å². The van der Waals surface area contributed by atoms with Crippen LogP contribution in [0, 0.1) is 6.92 Å². The number of fused-ring (bicyclic) bond motifs is 3. The van der Waals surface area contributed by atoms with Gasteiger partial charge >= 0.3 is 0 Å². The van der Waals surface area contributed by atoms with Crippen molar-refractivity contribution in [2.45, 2.75) is 13.8 Å². The standard InChI is InChI=1S/C16H20N6O/c1-9-7-8-11-14(22(6)16(17-11)20(3)4)13-12(9)18-15(19-13)21(5)10(2)23/h7-8H,1-6H3. The Kier molecular flexibility index (Phi) is 3.43. The first kappa shape index (κ1) is 15.2. The second kappa shape index (κ2) is 5.19. The molecule has 1 aliphatic carbocycles. The van der Waals surface area contributed by atoms with Crippen LogP contribution in [-0.4, -0.2) is 46.6 Å². The number of aryl methyl sites for hydroxylation is 2. The fourth-order valence-corrected chi connectivity index (χ4v) is 2.65. The molecule has 3 rings (SSSR count). The van der Waals surface area contributed by atoms with Gasteiger partial charge in [-0.1, -0.05) is 6.07 Å². The van der Waals surface area contributed by atoms with Gasteiger partial charge in [-0.05, 0) is 18.6 Å². The second-order valence-electron chi connectivity index (χ2n) is 5.91. The summed E-state index contributed by atoms with van der Waals surface area (Å²) >= 11 is 0. The molecule has 0 fully saturated rings. The van der Waals surface area contributed by atoms with Crippen molar-refractivity contribution >= 4 is 28.8 Å². The molecule has 23 heavy (non-hydrogen) atoms. The fraction of sp³-hybridized carbons (Fsp3) is 0.375. The van der Waals surface area contributed by atoms with E-state index in [1.807, 2.05) is 49.7 Å². The van der Waals surface area contributed by atoms with Crippen LogP contribution in [0.2, 0.25) is 0 Å². The molecular formula is C16H20N6O. The third kappa shape index (κ3) is 2.28. The van der Waals surface area contributed by atoms with Crippen LogP contribution in [0.3, 0.4) is 0 Å². The molecule has 2 aliphatic rings. The number of carbonyl (C=O) groups excluding carboxylic acids is 1. The summed E-state index contributed by atoms with van der Waals surface area (Å²) in [6.07, 6.45) is 0. The molecule has 0 N–H and O–H groups in total. The maximum atomic E-state index is 11.6. The van der Waals surface area contributed by atoms with Crippen molar-refractivity contribution in [1.82, 2.24) is 19.5 Å². The zero-order valence-corrected chi connectivity index (χ0v) is 14.2. The molecule has 0 spiro atoms. The van der Waals surface area contributed by atoms with E-state index in [9.17, 15) is 4.79 Å². The minimum absolute atomic E-state index is 0.0995. The maximum absolute atomic E-state index is 11.6. The number of carbonyl (C=O) groups is 1. The number of imidazole rings is 2. The van der Waals surface area contributed by atoms with Gasteiger partial charge in [-0.25, -0.2) is 15.0 Å². The highest BCUT2D eigenvalue weighted by Gasteiger charge is 2.23. The zero-order valence-electron chi connectivity index (χ0n) is 14.2. The first-order valence-electron chi connectivity index (χ1n) is 7.36. The third-order valence-corrected chi connectivity index (χ3v) is 4.01. The Morgan fingerprint density at radius 3 is 2.35 bits per heavy atom. The highest BCUT2D eigenvalue weighted by atomic mass is 16.2. The van der Waals surface area contributed by atoms with Crippen LogP contribution in [0.1, 0.15) is 12.5 Å². The third-order valence-electron chi connectivity index (χ3n) is 4.01. The van der Waals surface area contributed by atoms with Crippen LogP contribution >= 0.6 is 0 Å². The molecule has 2 heterocycles. The molecule has 1 aliphatic heterocycles. The molecule has 0 unspecified atom stereocenters. The van der Waals surface area contributed by atoms with Crippen molar-refractivity contribution in [2.24, 2.45) is 7.05 Å². The van der Waals surface area contributed by atoms with E-state index in [1.54, 1.807) is 7.05 Å². The summed E-state index contributed by atoms with van der Waals surface area (Å²) < 4.78 is 2.00. The van der Waals surface area contributed by atoms with Gasteiger partial charge < -0.3 is 9.47 Å². The summed E-state index contributed by atoms with van der Waals surface area (Å²) in [6, 6.07) is 3.97. The second-order valence-corrected chi connectivity index (χ2v) is 5.91. The van der Waals surface area contributed by atoms with Crippen LogP contribution in [0.25, 0.3) is 22.4 Å². The predicted octanol–water partition coefficient (Wildman–Crippen LogP) is 1.83. The lowest BCUT2D eigenvalue weighted by atomic mass is 10.2. The van der Waals surface area contributed by atoms with Crippen LogP contribution in [0.4, 0.5) is 11.9 Å². The van der Waals surface area contributed by atoms with Crippen LogP contribution in [-0.2, 0) is 11.8 Å². The number of aromatic nitrogens is 4. The van der Waals surface area contributed by atoms with Gasteiger partial charge in [0.15, 0.2) is 0 Å². The number of rotatable bonds is 2. The van der Waals surface area contributed by atoms with Crippen LogP contribution in [0.5, 0.6) is 0 Å². The number of anilines is 2. The van der Waals surface area contributed by atoms with E-state index in [1.165, 1.54) is 11.8 Å². The topological polar surface area (TPSA) is 67.2 Å². The van der Waals surface area contributed by atoms with Gasteiger partial charge in [-0.3, -0.25) is 9.69 Å². The van der Waals surface area contributed by atoms with E-state index in [0.717, 1.165) is 33.9 Å². The van der Waals surface area contributed by atoms with Crippen LogP contribution < -0.4 is 9.80 Å². The Morgan fingerprint density at radius 2 is 1.74 bits per heavy atom. The molecule has 120 valence electrons. The Labute approximate surface area is 134 Å². The lowest BCUT2D eigenvalue weighted by molar-refractivity contribution is -0.116. The average Bonchev–Trinajstić information content (AvgIpc) is 3.02. The van der Waals surface area contributed by atoms with Gasteiger partial charge in [0.05, 0.1) is 16.7 Å². The molecule has 0 bridgehead atoms. The van der Waals surface area contributed by atoms with Crippen molar-refractivity contribution in [3.8, 4) is 11.4 Å². The molecule has 7 nitrogen and oxygen atoms in total. The highest BCUT2D eigenvalue weighted by Crippen LogP contribution is 2.33. The van der Waals surface area contributed by atoms with Gasteiger partial charge in [-0.15, -0.1) is 0 Å². The first-order chi connectivity index (χ1) is 10.8. The lowest BCUT2D eigenvalue weighted by Crippen LogP contribution is -2.23. The molecule has 1 aromatic rings. The molecule has 0 radical (unpaired) electrons. The quantitative estimate of drug-likeness (QED) is 0.722. The number of hydrogen-bond donors (Lipinski definition) is 0. The Morgan fingerprint density at radius 1 is 1.09 bits per heavy atom. The molecule has 0 atom stereocenters. The molecule has 0 aromatic carbocycles. The largest absolute Gasteiger partial charge is 0.348 e. The SMILES string of the molecule is CC(=O)N(C)c1nc2c(C)ccc3nc(N(C)C)n(C)c3c-2n1. The van der Waals surface area contributed by atoms with E-state index < -0.39 is 0 Å². The molecule has 1 aromatic heterocycles. The van der Waals surface area contributed by atoms with Gasteiger partial charge in [0.2, 0.25) is 17.8 Å². The Balaban J connectivity index is 2.38. The Bertz CT molecular complexity index is 882. The summed E-state index contributed by atoms with van der Waals surface area (Å²) in [7, 11) is 7.55. The average molecular weight is 312 g/mol. The van der Waals surface area contributed by atoms with Crippen LogP contribution in [0.15, 0.2) is 12.1 Å². The summed E-state index contributed by atoms with van der Waals surface area (Å²) in [4.78, 5) is 28.9. The van der Waals surface area contributed by atoms with Gasteiger partial charge in [0, 0.05) is 35.1 Å². The van der Waals surface area contributed by atoms with Gasteiger partial charge in [0.25, 0.3) is 0 Å². The summed E-state index contributed by atoms with van der Waals surface area (Å²) in [5, 5.41) is 0. The monoisotopic (exact) mass is 312 g/mol. The summed E-state index contributed by atoms with van der Waals surface area (Å²) in [5.41, 5.74) is 4.31. The van der Waals surface area contributed by atoms with Gasteiger partial charge in [0.1, 0.15) is 5.69 Å². The minimum atomic E-state index is -0.0995. The normalized spacial score (nSPS) is 11.2. The van der Waals surface area contributed by atoms with Crippen molar-refractivity contribution in [1.29, 1.82) is 0 Å². The Hall–Kier alpha value is -2.70. The number of amides is 1. The lowest BCUT2D eigenvalue weighted by Gasteiger charge is -2.11. The molecule has 7 heteroatoms. The van der Waals surface area contributed by atoms with Crippen molar-refractivity contribution in [2.75, 3.05) is 30.9 Å². The van der Waals surface area contributed by atoms with Crippen molar-refractivity contribution < 1.29 is 4.79 Å². The highest BCUT2D eigenvalue weighted by molar-refractivity contribution is 5.95. The molecule has 0 saturated heterocycles. The molecule has 1 amide bonds. The number of nitrogens with zero attached hydrogens (tertiary/aromatic N) is 6. The van der Waals surface area contributed by atoms with Crippen molar-refractivity contribution in [3.05, 3.63) is 17.7 Å². The van der Waals surface area contributed by atoms with Crippen molar-refractivity contribution in [3.63, 3.8) is 0 Å². The summed E-state index contributed by atoms with van der Waals surface area (Å²) in [6.45, 7) is 3.48. The minimum Gasteiger partial charge on any atom is -0.348 e. The summed E-state index contributed by atoms with van der Waals surface area (Å²) in [5.74, 6) is 1.16. The van der Waals surface area contributed by atoms with E-state index in [-0.39, 0.29) is 5.91 Å². The zero-order chi connectivity index (χ0) is 16.9. The predicted molar refractivity (Wildman–Crippen MR) is 91.1 cm³/mol. The smallest absolute Gasteiger partial charge is 0.233 e. The maximum Gasteiger partial charge on any atom is 0.233 e. The fourth-order valence-electron chi connectivity index (χ4n) is 2.65. The first-order valence-corrected chi connectivity index (χ1v) is 7.36. The van der Waals surface area contributed by atoms with E-state index in [4.69, 9.17) is 0 Å². The molecule has 0 saturated carbocycles. The van der Waals surface area contributed by atoms with Gasteiger partial charge in [-0.2, -0.15) is 0 Å².